The third kappa shape index (κ3) is 2.71. The van der Waals surface area contributed by atoms with Gasteiger partial charge in [-0.1, -0.05) is 13.8 Å². The van der Waals surface area contributed by atoms with E-state index in [-0.39, 0.29) is 6.54 Å². The molecule has 0 saturated carbocycles. The van der Waals surface area contributed by atoms with E-state index in [9.17, 15) is 18.3 Å². The molecule has 6 nitrogen and oxygen atoms in total. The van der Waals surface area contributed by atoms with Crippen molar-refractivity contribution in [3.8, 4) is 0 Å². The fourth-order valence-corrected chi connectivity index (χ4v) is 5.03. The van der Waals surface area contributed by atoms with Gasteiger partial charge < -0.3 is 5.11 Å². The molecular weight excluding hydrogens is 280 g/mol. The van der Waals surface area contributed by atoms with Crippen LogP contribution in [0.5, 0.6) is 0 Å². The molecule has 0 spiro atoms. The Kier molecular flexibility index (Phi) is 4.41. The molecule has 2 fully saturated rings. The number of carboxylic acid groups (broad SMARTS) is 1. The maximum atomic E-state index is 12.6. The Balaban J connectivity index is 2.14. The van der Waals surface area contributed by atoms with Gasteiger partial charge >= 0.3 is 5.97 Å². The Hall–Kier alpha value is -0.660. The van der Waals surface area contributed by atoms with Crippen molar-refractivity contribution in [2.75, 3.05) is 26.2 Å². The molecule has 116 valence electrons. The molecule has 2 rings (SSSR count). The first-order valence-electron chi connectivity index (χ1n) is 7.30. The van der Waals surface area contributed by atoms with Crippen LogP contribution in [0.25, 0.3) is 0 Å². The minimum atomic E-state index is -3.51. The largest absolute Gasteiger partial charge is 0.481 e. The van der Waals surface area contributed by atoms with Crippen molar-refractivity contribution in [3.63, 3.8) is 0 Å². The number of aliphatic carboxylic acids is 1. The van der Waals surface area contributed by atoms with Crippen LogP contribution in [0.15, 0.2) is 0 Å². The number of piperidine rings is 1. The molecule has 0 aromatic heterocycles. The standard InChI is InChI=1S/C13H24N2O4S/c1-3-13(12(16)17)6-8-15(10-13)20(18,19)14-7-4-5-11(2)9-14/h11H,3-10H2,1-2H3,(H,16,17). The van der Waals surface area contributed by atoms with Crippen LogP contribution in [-0.4, -0.2) is 54.3 Å². The van der Waals surface area contributed by atoms with Crippen molar-refractivity contribution in [2.45, 2.75) is 39.5 Å². The van der Waals surface area contributed by atoms with Gasteiger partial charge in [-0.3, -0.25) is 4.79 Å². The molecule has 0 radical (unpaired) electrons. The van der Waals surface area contributed by atoms with Crippen LogP contribution in [0.4, 0.5) is 0 Å². The van der Waals surface area contributed by atoms with Crippen LogP contribution in [0.2, 0.25) is 0 Å². The fourth-order valence-electron chi connectivity index (χ4n) is 3.16. The summed E-state index contributed by atoms with van der Waals surface area (Å²) in [4.78, 5) is 11.4. The zero-order valence-corrected chi connectivity index (χ0v) is 13.0. The highest BCUT2D eigenvalue weighted by molar-refractivity contribution is 7.86. The molecule has 0 aromatic carbocycles. The third-order valence-corrected chi connectivity index (χ3v) is 6.67. The Bertz CT molecular complexity index is 479. The number of hydrogen-bond donors (Lipinski definition) is 1. The maximum Gasteiger partial charge on any atom is 0.311 e. The molecule has 2 saturated heterocycles. The molecule has 2 aliphatic heterocycles. The quantitative estimate of drug-likeness (QED) is 0.845. The Labute approximate surface area is 120 Å². The fraction of sp³-hybridized carbons (Fsp3) is 0.923. The minimum Gasteiger partial charge on any atom is -0.481 e. The first kappa shape index (κ1) is 15.7. The lowest BCUT2D eigenvalue weighted by Gasteiger charge is -2.33. The molecule has 0 aliphatic carbocycles. The summed E-state index contributed by atoms with van der Waals surface area (Å²) in [7, 11) is -3.51. The van der Waals surface area contributed by atoms with Crippen molar-refractivity contribution in [1.29, 1.82) is 0 Å². The third-order valence-electron chi connectivity index (χ3n) is 4.72. The maximum absolute atomic E-state index is 12.6. The smallest absolute Gasteiger partial charge is 0.311 e. The van der Waals surface area contributed by atoms with Gasteiger partial charge in [-0.05, 0) is 31.6 Å². The summed E-state index contributed by atoms with van der Waals surface area (Å²) in [5.74, 6) is -0.513. The SMILES string of the molecule is CCC1(C(=O)O)CCN(S(=O)(=O)N2CCCC(C)C2)C1. The van der Waals surface area contributed by atoms with Crippen LogP contribution < -0.4 is 0 Å². The van der Waals surface area contributed by atoms with Gasteiger partial charge in [-0.25, -0.2) is 0 Å². The second-order valence-electron chi connectivity index (χ2n) is 6.14. The average Bonchev–Trinajstić information content (AvgIpc) is 2.85. The lowest BCUT2D eigenvalue weighted by Crippen LogP contribution is -2.48. The van der Waals surface area contributed by atoms with Gasteiger partial charge in [0, 0.05) is 26.2 Å². The highest BCUT2D eigenvalue weighted by Crippen LogP contribution is 2.36. The molecule has 2 heterocycles. The predicted molar refractivity (Wildman–Crippen MR) is 75.4 cm³/mol. The van der Waals surface area contributed by atoms with Gasteiger partial charge in [0.1, 0.15) is 0 Å². The highest BCUT2D eigenvalue weighted by Gasteiger charge is 2.48. The van der Waals surface area contributed by atoms with E-state index in [1.54, 1.807) is 0 Å². The number of carbonyl (C=O) groups is 1. The summed E-state index contributed by atoms with van der Waals surface area (Å²) in [5.41, 5.74) is -0.908. The van der Waals surface area contributed by atoms with Crippen molar-refractivity contribution >= 4 is 16.2 Å². The van der Waals surface area contributed by atoms with Gasteiger partial charge in [-0.15, -0.1) is 0 Å². The Morgan fingerprint density at radius 1 is 1.35 bits per heavy atom. The van der Waals surface area contributed by atoms with E-state index >= 15 is 0 Å². The van der Waals surface area contributed by atoms with Gasteiger partial charge in [0.25, 0.3) is 10.2 Å². The Morgan fingerprint density at radius 3 is 2.55 bits per heavy atom. The molecule has 2 unspecified atom stereocenters. The zero-order valence-electron chi connectivity index (χ0n) is 12.2. The molecule has 1 N–H and O–H groups in total. The monoisotopic (exact) mass is 304 g/mol. The molecule has 0 aromatic rings. The summed E-state index contributed by atoms with van der Waals surface area (Å²) in [6.07, 6.45) is 2.80. The summed E-state index contributed by atoms with van der Waals surface area (Å²) in [6.45, 7) is 5.38. The zero-order chi connectivity index (χ0) is 15.0. The highest BCUT2D eigenvalue weighted by atomic mass is 32.2. The van der Waals surface area contributed by atoms with Crippen molar-refractivity contribution in [2.24, 2.45) is 11.3 Å². The minimum absolute atomic E-state index is 0.103. The van der Waals surface area contributed by atoms with E-state index in [0.29, 0.717) is 38.4 Å². The van der Waals surface area contributed by atoms with Crippen molar-refractivity contribution in [1.82, 2.24) is 8.61 Å². The molecule has 0 bridgehead atoms. The predicted octanol–water partition coefficient (Wildman–Crippen LogP) is 1.15. The summed E-state index contributed by atoms with van der Waals surface area (Å²) < 4.78 is 28.1. The van der Waals surface area contributed by atoms with Gasteiger partial charge in [0.05, 0.1) is 5.41 Å². The summed E-state index contributed by atoms with van der Waals surface area (Å²) >= 11 is 0. The van der Waals surface area contributed by atoms with Crippen molar-refractivity contribution < 1.29 is 18.3 Å². The second kappa shape index (κ2) is 5.61. The molecular formula is C13H24N2O4S. The van der Waals surface area contributed by atoms with Gasteiger partial charge in [-0.2, -0.15) is 17.0 Å². The lowest BCUT2D eigenvalue weighted by atomic mass is 9.85. The lowest BCUT2D eigenvalue weighted by molar-refractivity contribution is -0.148. The number of hydrogen-bond acceptors (Lipinski definition) is 3. The number of carboxylic acids is 1. The average molecular weight is 304 g/mol. The van der Waals surface area contributed by atoms with Crippen LogP contribution in [0, 0.1) is 11.3 Å². The van der Waals surface area contributed by atoms with Gasteiger partial charge in [0.2, 0.25) is 0 Å². The molecule has 20 heavy (non-hydrogen) atoms. The van der Waals surface area contributed by atoms with E-state index in [1.165, 1.54) is 8.61 Å². The van der Waals surface area contributed by atoms with Crippen LogP contribution in [-0.2, 0) is 15.0 Å². The van der Waals surface area contributed by atoms with E-state index in [2.05, 4.69) is 6.92 Å². The first-order chi connectivity index (χ1) is 9.32. The van der Waals surface area contributed by atoms with Crippen LogP contribution in [0.1, 0.15) is 39.5 Å². The topological polar surface area (TPSA) is 77.9 Å². The van der Waals surface area contributed by atoms with Gasteiger partial charge in [0.15, 0.2) is 0 Å². The molecule has 7 heteroatoms. The van der Waals surface area contributed by atoms with Crippen LogP contribution in [0.3, 0.4) is 0 Å². The summed E-state index contributed by atoms with van der Waals surface area (Å²) in [6, 6.07) is 0. The first-order valence-corrected chi connectivity index (χ1v) is 8.70. The number of rotatable bonds is 4. The normalized spacial score (nSPS) is 33.4. The second-order valence-corrected chi connectivity index (χ2v) is 8.06. The molecule has 2 aliphatic rings. The van der Waals surface area contributed by atoms with E-state index < -0.39 is 21.6 Å². The van der Waals surface area contributed by atoms with Crippen molar-refractivity contribution in [3.05, 3.63) is 0 Å². The molecule has 2 atom stereocenters. The van der Waals surface area contributed by atoms with E-state index in [1.807, 2.05) is 6.92 Å². The number of nitrogens with zero attached hydrogens (tertiary/aromatic N) is 2. The Morgan fingerprint density at radius 2 is 2.05 bits per heavy atom. The van der Waals surface area contributed by atoms with Crippen LogP contribution >= 0.6 is 0 Å². The molecule has 0 amide bonds. The van der Waals surface area contributed by atoms with E-state index in [0.717, 1.165) is 12.8 Å². The van der Waals surface area contributed by atoms with E-state index in [4.69, 9.17) is 0 Å². The summed E-state index contributed by atoms with van der Waals surface area (Å²) in [5, 5.41) is 9.36.